The van der Waals surface area contributed by atoms with Crippen LogP contribution in [0.15, 0.2) is 54.6 Å². The third-order valence-corrected chi connectivity index (χ3v) is 6.36. The maximum Gasteiger partial charge on any atom is 0.221 e. The van der Waals surface area contributed by atoms with Gasteiger partial charge in [-0.1, -0.05) is 42.5 Å². The van der Waals surface area contributed by atoms with Crippen LogP contribution in [0.2, 0.25) is 0 Å². The lowest BCUT2D eigenvalue weighted by Crippen LogP contribution is -2.33. The Labute approximate surface area is 172 Å². The summed E-state index contributed by atoms with van der Waals surface area (Å²) in [6, 6.07) is 17.6. The fourth-order valence-corrected chi connectivity index (χ4v) is 5.17. The van der Waals surface area contributed by atoms with Crippen molar-refractivity contribution in [2.24, 2.45) is 11.8 Å². The average Bonchev–Trinajstić information content (AvgIpc) is 3.16. The molecule has 2 fully saturated rings. The lowest BCUT2D eigenvalue weighted by atomic mass is 9.91. The quantitative estimate of drug-likeness (QED) is 0.704. The van der Waals surface area contributed by atoms with Gasteiger partial charge in [-0.2, -0.15) is 0 Å². The van der Waals surface area contributed by atoms with E-state index in [0.717, 1.165) is 43.6 Å². The Balaban J connectivity index is 1.29. The highest BCUT2D eigenvalue weighted by atomic mass is 16.3. The molecule has 0 aromatic heterocycles. The largest absolute Gasteiger partial charge is 0.390 e. The monoisotopic (exact) mass is 394 g/mol. The fraction of sp³-hybridized carbons (Fsp3) is 0.458. The zero-order valence-corrected chi connectivity index (χ0v) is 16.9. The summed E-state index contributed by atoms with van der Waals surface area (Å²) in [5.41, 5.74) is 2.20. The summed E-state index contributed by atoms with van der Waals surface area (Å²) in [6.45, 7) is 3.95. The third-order valence-electron chi connectivity index (χ3n) is 6.36. The van der Waals surface area contributed by atoms with Crippen LogP contribution in [0.3, 0.4) is 0 Å². The number of nitrogens with one attached hydrogen (secondary N) is 1. The summed E-state index contributed by atoms with van der Waals surface area (Å²) in [7, 11) is 0. The number of carbonyl (C=O) groups is 1. The van der Waals surface area contributed by atoms with Gasteiger partial charge >= 0.3 is 0 Å². The molecule has 0 bridgehead atoms. The van der Waals surface area contributed by atoms with Gasteiger partial charge in [0.1, 0.15) is 0 Å². The lowest BCUT2D eigenvalue weighted by molar-refractivity contribution is -0.114. The van der Waals surface area contributed by atoms with Crippen molar-refractivity contribution in [3.63, 3.8) is 0 Å². The first-order chi connectivity index (χ1) is 13.9. The Bertz CT molecular complexity index is 823. The molecule has 5 heteroatoms. The van der Waals surface area contributed by atoms with Crippen molar-refractivity contribution in [1.82, 2.24) is 4.90 Å². The Hall–Kier alpha value is -2.21. The van der Waals surface area contributed by atoms with E-state index in [4.69, 9.17) is 0 Å². The minimum atomic E-state index is -0.596. The van der Waals surface area contributed by atoms with E-state index in [9.17, 15) is 15.0 Å². The van der Waals surface area contributed by atoms with E-state index < -0.39 is 11.7 Å². The molecule has 1 heterocycles. The van der Waals surface area contributed by atoms with Crippen LogP contribution in [-0.4, -0.2) is 46.3 Å². The number of anilines is 1. The molecule has 2 aromatic rings. The third kappa shape index (κ3) is 4.86. The molecule has 0 spiro atoms. The number of likely N-dealkylation sites (tertiary alicyclic amines) is 1. The van der Waals surface area contributed by atoms with Gasteiger partial charge in [-0.3, -0.25) is 9.69 Å². The molecule has 3 N–H and O–H groups in total. The zero-order chi connectivity index (χ0) is 20.4. The van der Waals surface area contributed by atoms with Crippen molar-refractivity contribution < 1.29 is 15.0 Å². The van der Waals surface area contributed by atoms with Crippen molar-refractivity contribution in [3.05, 3.63) is 65.7 Å². The van der Waals surface area contributed by atoms with Crippen molar-refractivity contribution in [3.8, 4) is 0 Å². The molecule has 1 aliphatic heterocycles. The van der Waals surface area contributed by atoms with Crippen molar-refractivity contribution >= 4 is 11.6 Å². The fourth-order valence-electron chi connectivity index (χ4n) is 5.17. The van der Waals surface area contributed by atoms with Gasteiger partial charge in [0.2, 0.25) is 5.91 Å². The van der Waals surface area contributed by atoms with Crippen molar-refractivity contribution in [1.29, 1.82) is 0 Å². The Morgan fingerprint density at radius 2 is 1.72 bits per heavy atom. The predicted octanol–water partition coefficient (Wildman–Crippen LogP) is 2.99. The molecule has 2 aliphatic rings. The summed E-state index contributed by atoms with van der Waals surface area (Å²) in [4.78, 5) is 13.4. The normalized spacial score (nSPS) is 27.6. The van der Waals surface area contributed by atoms with Crippen LogP contribution in [0.5, 0.6) is 0 Å². The maximum atomic E-state index is 11.1. The Morgan fingerprint density at radius 1 is 1.10 bits per heavy atom. The number of hydrogen-bond donors (Lipinski definition) is 3. The van der Waals surface area contributed by atoms with E-state index in [2.05, 4.69) is 22.3 Å². The van der Waals surface area contributed by atoms with Crippen LogP contribution in [0.4, 0.5) is 5.69 Å². The summed E-state index contributed by atoms with van der Waals surface area (Å²) < 4.78 is 0. The van der Waals surface area contributed by atoms with Gasteiger partial charge in [-0.15, -0.1) is 0 Å². The molecule has 1 amide bonds. The van der Waals surface area contributed by atoms with Crippen molar-refractivity contribution in [2.75, 3.05) is 25.0 Å². The number of hydrogen-bond acceptors (Lipinski definition) is 4. The topological polar surface area (TPSA) is 72.8 Å². The zero-order valence-electron chi connectivity index (χ0n) is 16.9. The van der Waals surface area contributed by atoms with E-state index >= 15 is 0 Å². The number of aliphatic hydroxyl groups is 2. The number of amides is 1. The standard InChI is InChI=1S/C24H30N2O3/c1-17(27)25-22-9-7-19(8-10-22)23(28)16-26-14-20-12-24(29,13-21(20)15-26)11-18-5-3-2-4-6-18/h2-10,20-21,23,28-29H,11-16H2,1H3,(H,25,27)/t20-,21+,23?,24?. The second kappa shape index (κ2) is 8.27. The van der Waals surface area contributed by atoms with Gasteiger partial charge < -0.3 is 15.5 Å². The molecule has 2 unspecified atom stereocenters. The molecule has 4 atom stereocenters. The van der Waals surface area contributed by atoms with Crippen LogP contribution >= 0.6 is 0 Å². The lowest BCUT2D eigenvalue weighted by Gasteiger charge is -2.27. The number of aliphatic hydroxyl groups excluding tert-OH is 1. The number of β-amino-alcohol motifs (C(OH)–C–C–N with tert-alkyl or cyclic N) is 1. The first-order valence-electron chi connectivity index (χ1n) is 10.4. The molecular formula is C24H30N2O3. The number of benzene rings is 2. The van der Waals surface area contributed by atoms with Crippen LogP contribution < -0.4 is 5.32 Å². The highest BCUT2D eigenvalue weighted by Gasteiger charge is 2.48. The Kier molecular flexibility index (Phi) is 5.72. The van der Waals surface area contributed by atoms with Gasteiger partial charge in [0.15, 0.2) is 0 Å². The first-order valence-corrected chi connectivity index (χ1v) is 10.4. The van der Waals surface area contributed by atoms with Gasteiger partial charge in [0.05, 0.1) is 11.7 Å². The summed E-state index contributed by atoms with van der Waals surface area (Å²) in [5.74, 6) is 0.894. The predicted molar refractivity (Wildman–Crippen MR) is 113 cm³/mol. The molecule has 154 valence electrons. The summed E-state index contributed by atoms with van der Waals surface area (Å²) in [6.07, 6.45) is 1.85. The number of fused-ring (bicyclic) bond motifs is 1. The van der Waals surface area contributed by atoms with Crippen LogP contribution in [0, 0.1) is 11.8 Å². The highest BCUT2D eigenvalue weighted by molar-refractivity contribution is 5.88. The second-order valence-corrected chi connectivity index (χ2v) is 8.85. The molecule has 1 aliphatic carbocycles. The van der Waals surface area contributed by atoms with Gasteiger partial charge in [0, 0.05) is 38.7 Å². The van der Waals surface area contributed by atoms with E-state index in [0.29, 0.717) is 18.4 Å². The van der Waals surface area contributed by atoms with E-state index in [1.54, 1.807) is 0 Å². The van der Waals surface area contributed by atoms with E-state index in [-0.39, 0.29) is 5.91 Å². The maximum absolute atomic E-state index is 11.1. The molecule has 4 rings (SSSR count). The number of nitrogens with zero attached hydrogens (tertiary/aromatic N) is 1. The van der Waals surface area contributed by atoms with Gasteiger partial charge in [-0.05, 0) is 47.9 Å². The van der Waals surface area contributed by atoms with Crippen molar-refractivity contribution in [2.45, 2.75) is 37.9 Å². The molecule has 29 heavy (non-hydrogen) atoms. The summed E-state index contributed by atoms with van der Waals surface area (Å²) >= 11 is 0. The molecular weight excluding hydrogens is 364 g/mol. The molecule has 2 aromatic carbocycles. The number of rotatable bonds is 6. The SMILES string of the molecule is CC(=O)Nc1ccc(C(O)CN2C[C@@H]3CC(O)(Cc4ccccc4)C[C@@H]3C2)cc1. The van der Waals surface area contributed by atoms with E-state index in [1.165, 1.54) is 12.5 Å². The van der Waals surface area contributed by atoms with Crippen LogP contribution in [0.1, 0.15) is 37.0 Å². The molecule has 1 saturated carbocycles. The van der Waals surface area contributed by atoms with Crippen LogP contribution in [0.25, 0.3) is 0 Å². The highest BCUT2D eigenvalue weighted by Crippen LogP contribution is 2.45. The molecule has 0 radical (unpaired) electrons. The van der Waals surface area contributed by atoms with Crippen LogP contribution in [-0.2, 0) is 11.2 Å². The molecule has 5 nitrogen and oxygen atoms in total. The Morgan fingerprint density at radius 3 is 2.31 bits per heavy atom. The minimum absolute atomic E-state index is 0.103. The second-order valence-electron chi connectivity index (χ2n) is 8.85. The minimum Gasteiger partial charge on any atom is -0.390 e. The number of carbonyl (C=O) groups excluding carboxylic acids is 1. The van der Waals surface area contributed by atoms with Gasteiger partial charge in [-0.25, -0.2) is 0 Å². The first kappa shape index (κ1) is 20.1. The average molecular weight is 395 g/mol. The summed E-state index contributed by atoms with van der Waals surface area (Å²) in [5, 5.41) is 24.5. The van der Waals surface area contributed by atoms with E-state index in [1.807, 2.05) is 42.5 Å². The molecule has 1 saturated heterocycles. The smallest absolute Gasteiger partial charge is 0.221 e. The van der Waals surface area contributed by atoms with Gasteiger partial charge in [0.25, 0.3) is 0 Å².